The van der Waals surface area contributed by atoms with E-state index in [2.05, 4.69) is 5.92 Å². The Kier molecular flexibility index (Phi) is 1.87. The summed E-state index contributed by atoms with van der Waals surface area (Å²) in [5.41, 5.74) is 0. The number of aromatic hydroxyl groups is 2. The van der Waals surface area contributed by atoms with Crippen LogP contribution in [0, 0.1) is 12.3 Å². The molecule has 0 radical (unpaired) electrons. The van der Waals surface area contributed by atoms with E-state index >= 15 is 0 Å². The van der Waals surface area contributed by atoms with Crippen molar-refractivity contribution in [3.63, 3.8) is 0 Å². The Balaban J connectivity index is 3.25. The van der Waals surface area contributed by atoms with Gasteiger partial charge >= 0.3 is 4.87 Å². The molecule has 1 rings (SSSR count). The number of terminal acetylenes is 1. The summed E-state index contributed by atoms with van der Waals surface area (Å²) >= 11 is 0.553. The van der Waals surface area contributed by atoms with Gasteiger partial charge in [0.25, 0.3) is 5.88 Å². The van der Waals surface area contributed by atoms with Gasteiger partial charge in [-0.15, -0.1) is 6.42 Å². The highest BCUT2D eigenvalue weighted by Crippen LogP contribution is 2.26. The molecule has 0 unspecified atom stereocenters. The van der Waals surface area contributed by atoms with E-state index in [9.17, 15) is 4.79 Å². The minimum absolute atomic E-state index is 0.0261. The average Bonchev–Trinajstić information content (AvgIpc) is 2.17. The summed E-state index contributed by atoms with van der Waals surface area (Å²) in [5, 5.41) is 17.4. The molecular weight excluding hydrogens is 166 g/mol. The lowest BCUT2D eigenvalue weighted by Gasteiger charge is -1.93. The summed E-state index contributed by atoms with van der Waals surface area (Å²) in [5.74, 6) is 1.72. The first kappa shape index (κ1) is 7.69. The predicted octanol–water partition coefficient (Wildman–Crippen LogP) is -0.0458. The quantitative estimate of drug-likeness (QED) is 0.582. The van der Waals surface area contributed by atoms with E-state index in [1.54, 1.807) is 0 Å². The first-order valence-electron chi connectivity index (χ1n) is 2.72. The molecule has 0 saturated heterocycles. The Bertz CT molecular complexity index is 357. The second-order valence-electron chi connectivity index (χ2n) is 1.79. The maximum absolute atomic E-state index is 10.8. The molecule has 0 aromatic carbocycles. The maximum Gasteiger partial charge on any atom is 0.314 e. The van der Waals surface area contributed by atoms with Crippen LogP contribution in [0.5, 0.6) is 10.9 Å². The van der Waals surface area contributed by atoms with Crippen LogP contribution in [0.4, 0.5) is 0 Å². The minimum Gasteiger partial charge on any atom is -0.496 e. The Morgan fingerprint density at radius 2 is 2.27 bits per heavy atom. The second-order valence-corrected chi connectivity index (χ2v) is 2.73. The van der Waals surface area contributed by atoms with Crippen molar-refractivity contribution in [1.82, 2.24) is 4.57 Å². The molecule has 1 heterocycles. The Labute approximate surface area is 66.3 Å². The van der Waals surface area contributed by atoms with Gasteiger partial charge < -0.3 is 10.2 Å². The lowest BCUT2D eigenvalue weighted by molar-refractivity contribution is 0.379. The molecule has 1 aromatic heterocycles. The first-order chi connectivity index (χ1) is 5.16. The van der Waals surface area contributed by atoms with Crippen molar-refractivity contribution in [2.75, 3.05) is 0 Å². The van der Waals surface area contributed by atoms with Gasteiger partial charge in [0.1, 0.15) is 0 Å². The van der Waals surface area contributed by atoms with Crippen LogP contribution in [-0.2, 0) is 6.54 Å². The van der Waals surface area contributed by atoms with Crippen molar-refractivity contribution in [3.8, 4) is 23.3 Å². The molecule has 0 spiro atoms. The molecule has 0 atom stereocenters. The van der Waals surface area contributed by atoms with E-state index in [0.717, 1.165) is 4.57 Å². The summed E-state index contributed by atoms with van der Waals surface area (Å²) in [6.07, 6.45) is 4.91. The molecule has 0 fully saturated rings. The van der Waals surface area contributed by atoms with Gasteiger partial charge in [-0.1, -0.05) is 5.92 Å². The summed E-state index contributed by atoms with van der Waals surface area (Å²) in [6, 6.07) is 0. The third-order valence-corrected chi connectivity index (χ3v) is 1.87. The molecule has 0 aliphatic rings. The zero-order valence-electron chi connectivity index (χ0n) is 5.44. The van der Waals surface area contributed by atoms with Crippen LogP contribution in [0.15, 0.2) is 4.79 Å². The smallest absolute Gasteiger partial charge is 0.314 e. The van der Waals surface area contributed by atoms with Crippen molar-refractivity contribution in [3.05, 3.63) is 9.67 Å². The number of aromatic nitrogens is 1. The molecule has 0 saturated carbocycles. The van der Waals surface area contributed by atoms with Crippen LogP contribution in [-0.4, -0.2) is 14.8 Å². The molecule has 0 aliphatic carbocycles. The van der Waals surface area contributed by atoms with Crippen LogP contribution < -0.4 is 4.87 Å². The average molecular weight is 171 g/mol. The zero-order valence-corrected chi connectivity index (χ0v) is 6.26. The first-order valence-corrected chi connectivity index (χ1v) is 3.53. The van der Waals surface area contributed by atoms with E-state index in [1.807, 2.05) is 0 Å². The van der Waals surface area contributed by atoms with E-state index < -0.39 is 15.8 Å². The van der Waals surface area contributed by atoms with Crippen LogP contribution in [0.1, 0.15) is 0 Å². The van der Waals surface area contributed by atoms with Gasteiger partial charge in [-0.3, -0.25) is 9.36 Å². The molecule has 0 bridgehead atoms. The van der Waals surface area contributed by atoms with Gasteiger partial charge in [0.05, 0.1) is 6.54 Å². The van der Waals surface area contributed by atoms with Crippen molar-refractivity contribution in [2.24, 2.45) is 0 Å². The SMILES string of the molecule is C#CCn1c(O)c(O)sc1=O. The fourth-order valence-corrected chi connectivity index (χ4v) is 1.24. The van der Waals surface area contributed by atoms with E-state index in [-0.39, 0.29) is 6.54 Å². The zero-order chi connectivity index (χ0) is 8.43. The number of hydrogen-bond donors (Lipinski definition) is 2. The van der Waals surface area contributed by atoms with Crippen molar-refractivity contribution in [2.45, 2.75) is 6.54 Å². The molecule has 1 aromatic rings. The maximum atomic E-state index is 10.8. The molecule has 4 nitrogen and oxygen atoms in total. The van der Waals surface area contributed by atoms with E-state index in [0.29, 0.717) is 11.3 Å². The lowest BCUT2D eigenvalue weighted by atomic mass is 10.6. The van der Waals surface area contributed by atoms with Gasteiger partial charge in [-0.25, -0.2) is 0 Å². The van der Waals surface area contributed by atoms with Gasteiger partial charge in [-0.2, -0.15) is 0 Å². The Morgan fingerprint density at radius 3 is 2.64 bits per heavy atom. The normalized spacial score (nSPS) is 9.36. The van der Waals surface area contributed by atoms with Crippen LogP contribution in [0.3, 0.4) is 0 Å². The van der Waals surface area contributed by atoms with Crippen LogP contribution in [0.25, 0.3) is 0 Å². The summed E-state index contributed by atoms with van der Waals surface area (Å²) in [4.78, 5) is 10.4. The van der Waals surface area contributed by atoms with E-state index in [1.165, 1.54) is 0 Å². The highest BCUT2D eigenvalue weighted by Gasteiger charge is 2.10. The molecule has 0 aliphatic heterocycles. The van der Waals surface area contributed by atoms with Gasteiger partial charge in [0.2, 0.25) is 5.06 Å². The third kappa shape index (κ3) is 1.21. The summed E-state index contributed by atoms with van der Waals surface area (Å²) in [7, 11) is 0. The Morgan fingerprint density at radius 1 is 1.64 bits per heavy atom. The lowest BCUT2D eigenvalue weighted by Crippen LogP contribution is -2.10. The van der Waals surface area contributed by atoms with Crippen molar-refractivity contribution < 1.29 is 10.2 Å². The summed E-state index contributed by atoms with van der Waals surface area (Å²) < 4.78 is 0.917. The van der Waals surface area contributed by atoms with Crippen molar-refractivity contribution in [1.29, 1.82) is 0 Å². The highest BCUT2D eigenvalue weighted by atomic mass is 32.1. The van der Waals surface area contributed by atoms with Gasteiger partial charge in [0.15, 0.2) is 0 Å². The highest BCUT2D eigenvalue weighted by molar-refractivity contribution is 7.11. The molecule has 2 N–H and O–H groups in total. The van der Waals surface area contributed by atoms with Gasteiger partial charge in [-0.05, 0) is 11.3 Å². The van der Waals surface area contributed by atoms with Crippen LogP contribution >= 0.6 is 11.3 Å². The molecule has 5 heteroatoms. The standard InChI is InChI=1S/C6H5NO3S/c1-2-3-7-4(8)5(9)11-6(7)10/h1,8-9H,3H2. The molecule has 0 amide bonds. The number of thiazole rings is 1. The Hall–Kier alpha value is -1.41. The number of hydrogen-bond acceptors (Lipinski definition) is 4. The minimum atomic E-state index is -0.460. The fourth-order valence-electron chi connectivity index (χ4n) is 0.616. The third-order valence-electron chi connectivity index (χ3n) is 1.10. The largest absolute Gasteiger partial charge is 0.496 e. The number of nitrogens with zero attached hydrogens (tertiary/aromatic N) is 1. The fraction of sp³-hybridized carbons (Fsp3) is 0.167. The molecule has 11 heavy (non-hydrogen) atoms. The molecular formula is C6H5NO3S. The predicted molar refractivity (Wildman–Crippen MR) is 40.7 cm³/mol. The van der Waals surface area contributed by atoms with Crippen molar-refractivity contribution >= 4 is 11.3 Å². The monoisotopic (exact) mass is 171 g/mol. The molecule has 58 valence electrons. The number of rotatable bonds is 1. The van der Waals surface area contributed by atoms with Crippen LogP contribution in [0.2, 0.25) is 0 Å². The second kappa shape index (κ2) is 2.68. The summed E-state index contributed by atoms with van der Waals surface area (Å²) in [6.45, 7) is -0.0261. The topological polar surface area (TPSA) is 62.5 Å². The van der Waals surface area contributed by atoms with Gasteiger partial charge in [0, 0.05) is 0 Å². The van der Waals surface area contributed by atoms with E-state index in [4.69, 9.17) is 16.6 Å².